The summed E-state index contributed by atoms with van der Waals surface area (Å²) in [5, 5.41) is 2.83. The molecule has 0 aromatic carbocycles. The van der Waals surface area contributed by atoms with Crippen LogP contribution in [0.4, 0.5) is 0 Å². The molecular formula is C16H23BrN4O3. The number of hydrogen-bond donors (Lipinski definition) is 2. The Kier molecular flexibility index (Phi) is 6.99. The van der Waals surface area contributed by atoms with Gasteiger partial charge in [0.05, 0.1) is 0 Å². The second kappa shape index (κ2) is 8.98. The molecule has 0 radical (unpaired) electrons. The van der Waals surface area contributed by atoms with E-state index in [9.17, 15) is 14.4 Å². The van der Waals surface area contributed by atoms with Crippen molar-refractivity contribution in [2.45, 2.75) is 38.3 Å². The maximum absolute atomic E-state index is 12.6. The lowest BCUT2D eigenvalue weighted by molar-refractivity contribution is -0.136. The quantitative estimate of drug-likeness (QED) is 0.726. The summed E-state index contributed by atoms with van der Waals surface area (Å²) in [5.41, 5.74) is 5.15. The molecule has 8 heteroatoms. The Bertz CT molecular complexity index is 646. The number of nitrogens with zero attached hydrogens (tertiary/aromatic N) is 2. The topological polar surface area (TPSA) is 97.4 Å². The molecule has 1 aliphatic rings. The summed E-state index contributed by atoms with van der Waals surface area (Å²) in [6.45, 7) is 1.40. The van der Waals surface area contributed by atoms with Crippen LogP contribution >= 0.6 is 15.9 Å². The minimum Gasteiger partial charge on any atom is -0.354 e. The normalized spacial score (nSPS) is 17.6. The first kappa shape index (κ1) is 18.7. The predicted octanol–water partition coefficient (Wildman–Crippen LogP) is 0.457. The fourth-order valence-electron chi connectivity index (χ4n) is 2.85. The van der Waals surface area contributed by atoms with E-state index in [4.69, 9.17) is 5.73 Å². The number of hydrogen-bond acceptors (Lipinski definition) is 4. The SMILES string of the molecule is NCCC(=O)NCC1CCCCN1C(=O)Cn1cc(Br)ccc1=O. The molecule has 2 heterocycles. The molecule has 0 saturated carbocycles. The van der Waals surface area contributed by atoms with Crippen LogP contribution in [0.25, 0.3) is 0 Å². The molecule has 1 saturated heterocycles. The number of pyridine rings is 1. The molecule has 0 bridgehead atoms. The first-order chi connectivity index (χ1) is 11.5. The highest BCUT2D eigenvalue weighted by Crippen LogP contribution is 2.17. The monoisotopic (exact) mass is 398 g/mol. The van der Waals surface area contributed by atoms with Crippen LogP contribution in [0.3, 0.4) is 0 Å². The van der Waals surface area contributed by atoms with Gasteiger partial charge in [0.2, 0.25) is 11.8 Å². The molecule has 24 heavy (non-hydrogen) atoms. The van der Waals surface area contributed by atoms with Crippen LogP contribution in [0.15, 0.2) is 27.6 Å². The van der Waals surface area contributed by atoms with E-state index in [-0.39, 0.29) is 36.4 Å². The molecule has 7 nitrogen and oxygen atoms in total. The highest BCUT2D eigenvalue weighted by molar-refractivity contribution is 9.10. The molecule has 1 aromatic heterocycles. The number of nitrogens with two attached hydrogens (primary N) is 1. The summed E-state index contributed by atoms with van der Waals surface area (Å²) < 4.78 is 2.14. The van der Waals surface area contributed by atoms with Gasteiger partial charge >= 0.3 is 0 Å². The van der Waals surface area contributed by atoms with Crippen molar-refractivity contribution in [1.82, 2.24) is 14.8 Å². The number of likely N-dealkylation sites (tertiary alicyclic amines) is 1. The zero-order valence-corrected chi connectivity index (χ0v) is 15.1. The van der Waals surface area contributed by atoms with E-state index in [0.29, 0.717) is 19.6 Å². The standard InChI is InChI=1S/C16H23BrN4O3/c17-12-4-5-15(23)20(10-12)11-16(24)21-8-2-1-3-13(21)9-19-14(22)6-7-18/h4-5,10,13H,1-3,6-9,11,18H2,(H,19,22). The van der Waals surface area contributed by atoms with Crippen molar-refractivity contribution in [2.24, 2.45) is 5.73 Å². The zero-order chi connectivity index (χ0) is 17.5. The number of halogens is 1. The van der Waals surface area contributed by atoms with Gasteiger partial charge in [-0.3, -0.25) is 14.4 Å². The number of piperidine rings is 1. The number of nitrogens with one attached hydrogen (secondary N) is 1. The summed E-state index contributed by atoms with van der Waals surface area (Å²) >= 11 is 3.31. The van der Waals surface area contributed by atoms with Crippen LogP contribution in [0, 0.1) is 0 Å². The predicted molar refractivity (Wildman–Crippen MR) is 94.4 cm³/mol. The van der Waals surface area contributed by atoms with Crippen molar-refractivity contribution >= 4 is 27.7 Å². The van der Waals surface area contributed by atoms with E-state index in [1.165, 1.54) is 10.6 Å². The van der Waals surface area contributed by atoms with Crippen LogP contribution in [-0.4, -0.2) is 47.0 Å². The van der Waals surface area contributed by atoms with E-state index in [2.05, 4.69) is 21.2 Å². The third kappa shape index (κ3) is 5.17. The van der Waals surface area contributed by atoms with Crippen LogP contribution < -0.4 is 16.6 Å². The lowest BCUT2D eigenvalue weighted by Gasteiger charge is -2.36. The van der Waals surface area contributed by atoms with Gasteiger partial charge < -0.3 is 20.5 Å². The minimum atomic E-state index is -0.212. The first-order valence-corrected chi connectivity index (χ1v) is 8.93. The summed E-state index contributed by atoms with van der Waals surface area (Å²) in [5.74, 6) is -0.202. The molecule has 1 unspecified atom stereocenters. The van der Waals surface area contributed by atoms with E-state index in [1.807, 2.05) is 0 Å². The van der Waals surface area contributed by atoms with Gasteiger partial charge in [0.1, 0.15) is 6.54 Å². The van der Waals surface area contributed by atoms with Crippen molar-refractivity contribution in [1.29, 1.82) is 0 Å². The molecule has 3 N–H and O–H groups in total. The van der Waals surface area contributed by atoms with Crippen molar-refractivity contribution in [2.75, 3.05) is 19.6 Å². The Labute approximate surface area is 149 Å². The van der Waals surface area contributed by atoms with Gasteiger partial charge in [0, 0.05) is 48.8 Å². The lowest BCUT2D eigenvalue weighted by atomic mass is 10.0. The van der Waals surface area contributed by atoms with Gasteiger partial charge in [0.25, 0.3) is 5.56 Å². The molecule has 2 rings (SSSR count). The lowest BCUT2D eigenvalue weighted by Crippen LogP contribution is -2.50. The molecular weight excluding hydrogens is 376 g/mol. The van der Waals surface area contributed by atoms with Crippen LogP contribution in [0.5, 0.6) is 0 Å². The third-order valence-corrected chi connectivity index (χ3v) is 4.58. The van der Waals surface area contributed by atoms with Gasteiger partial charge in [-0.15, -0.1) is 0 Å². The number of rotatable bonds is 6. The number of carbonyl (C=O) groups is 2. The fraction of sp³-hybridized carbons (Fsp3) is 0.562. The first-order valence-electron chi connectivity index (χ1n) is 8.13. The Morgan fingerprint density at radius 3 is 2.88 bits per heavy atom. The molecule has 2 amide bonds. The summed E-state index contributed by atoms with van der Waals surface area (Å²) in [6, 6.07) is 3.05. The van der Waals surface area contributed by atoms with Crippen LogP contribution in [-0.2, 0) is 16.1 Å². The largest absolute Gasteiger partial charge is 0.354 e. The maximum Gasteiger partial charge on any atom is 0.251 e. The highest BCUT2D eigenvalue weighted by atomic mass is 79.9. The van der Waals surface area contributed by atoms with Gasteiger partial charge in [-0.25, -0.2) is 0 Å². The second-order valence-corrected chi connectivity index (χ2v) is 6.81. The Balaban J connectivity index is 2.00. The van der Waals surface area contributed by atoms with Crippen LogP contribution in [0.2, 0.25) is 0 Å². The third-order valence-electron chi connectivity index (χ3n) is 4.11. The van der Waals surface area contributed by atoms with Gasteiger partial charge in [-0.2, -0.15) is 0 Å². The van der Waals surface area contributed by atoms with Gasteiger partial charge in [0.15, 0.2) is 0 Å². The number of amides is 2. The van der Waals surface area contributed by atoms with E-state index < -0.39 is 0 Å². The smallest absolute Gasteiger partial charge is 0.251 e. The van der Waals surface area contributed by atoms with Gasteiger partial charge in [-0.1, -0.05) is 0 Å². The summed E-state index contributed by atoms with van der Waals surface area (Å²) in [4.78, 5) is 37.9. The Hall–Kier alpha value is -1.67. The van der Waals surface area contributed by atoms with Crippen LogP contribution in [0.1, 0.15) is 25.7 Å². The summed E-state index contributed by atoms with van der Waals surface area (Å²) in [7, 11) is 0. The van der Waals surface area contributed by atoms with Crippen molar-refractivity contribution in [3.8, 4) is 0 Å². The van der Waals surface area contributed by atoms with E-state index in [0.717, 1.165) is 23.7 Å². The molecule has 1 atom stereocenters. The average molecular weight is 399 g/mol. The average Bonchev–Trinajstić information content (AvgIpc) is 2.57. The van der Waals surface area contributed by atoms with Gasteiger partial charge in [-0.05, 0) is 41.3 Å². The molecule has 1 fully saturated rings. The van der Waals surface area contributed by atoms with E-state index >= 15 is 0 Å². The molecule has 0 spiro atoms. The maximum atomic E-state index is 12.6. The Morgan fingerprint density at radius 2 is 2.12 bits per heavy atom. The minimum absolute atomic E-state index is 0.00548. The summed E-state index contributed by atoms with van der Waals surface area (Å²) in [6.07, 6.45) is 4.71. The molecule has 1 aliphatic heterocycles. The number of carbonyl (C=O) groups excluding carboxylic acids is 2. The van der Waals surface area contributed by atoms with Crippen molar-refractivity contribution in [3.05, 3.63) is 33.2 Å². The second-order valence-electron chi connectivity index (χ2n) is 5.89. The fourth-order valence-corrected chi connectivity index (χ4v) is 3.23. The molecule has 1 aromatic rings. The molecule has 132 valence electrons. The van der Waals surface area contributed by atoms with Crippen molar-refractivity contribution < 1.29 is 9.59 Å². The zero-order valence-electron chi connectivity index (χ0n) is 13.5. The van der Waals surface area contributed by atoms with E-state index in [1.54, 1.807) is 17.2 Å². The number of aromatic nitrogens is 1. The molecule has 0 aliphatic carbocycles. The highest BCUT2D eigenvalue weighted by Gasteiger charge is 2.27. The van der Waals surface area contributed by atoms with Crippen molar-refractivity contribution in [3.63, 3.8) is 0 Å². The Morgan fingerprint density at radius 1 is 1.33 bits per heavy atom.